The average molecular weight is 270 g/mol. The molecule has 0 heterocycles. The van der Waals surface area contributed by atoms with Crippen LogP contribution < -0.4 is 5.32 Å². The normalized spacial score (nSPS) is 12.2. The minimum absolute atomic E-state index is 0.0714. The second-order valence-electron chi connectivity index (χ2n) is 3.66. The highest BCUT2D eigenvalue weighted by atomic mass is 79.9. The van der Waals surface area contributed by atoms with E-state index in [1.807, 2.05) is 31.2 Å². The van der Waals surface area contributed by atoms with Crippen molar-refractivity contribution in [2.45, 2.75) is 26.7 Å². The first-order valence-electron chi connectivity index (χ1n) is 5.20. The molecule has 0 aliphatic rings. The van der Waals surface area contributed by atoms with Crippen molar-refractivity contribution in [2.75, 3.05) is 5.32 Å². The van der Waals surface area contributed by atoms with Gasteiger partial charge in [0.05, 0.1) is 5.69 Å². The molecule has 0 bridgehead atoms. The highest BCUT2D eigenvalue weighted by Gasteiger charge is 2.12. The van der Waals surface area contributed by atoms with E-state index in [4.69, 9.17) is 0 Å². The molecule has 1 atom stereocenters. The fourth-order valence-electron chi connectivity index (χ4n) is 1.38. The second kappa shape index (κ2) is 5.91. The molecule has 0 radical (unpaired) electrons. The van der Waals surface area contributed by atoms with Crippen molar-refractivity contribution < 1.29 is 4.79 Å². The number of benzene rings is 1. The van der Waals surface area contributed by atoms with Crippen molar-refractivity contribution >= 4 is 27.5 Å². The summed E-state index contributed by atoms with van der Waals surface area (Å²) in [6, 6.07) is 7.64. The Morgan fingerprint density at radius 3 is 2.73 bits per heavy atom. The first kappa shape index (κ1) is 12.2. The fraction of sp³-hybridized carbons (Fsp3) is 0.417. The molecule has 0 spiro atoms. The van der Waals surface area contributed by atoms with Gasteiger partial charge in [0.2, 0.25) is 5.91 Å². The van der Waals surface area contributed by atoms with Gasteiger partial charge in [0.1, 0.15) is 0 Å². The molecule has 0 aliphatic heterocycles. The Kier molecular flexibility index (Phi) is 4.82. The van der Waals surface area contributed by atoms with Crippen LogP contribution >= 0.6 is 15.9 Å². The van der Waals surface area contributed by atoms with E-state index in [1.165, 1.54) is 0 Å². The number of rotatable bonds is 4. The van der Waals surface area contributed by atoms with Gasteiger partial charge in [0.15, 0.2) is 0 Å². The highest BCUT2D eigenvalue weighted by Crippen LogP contribution is 2.22. The topological polar surface area (TPSA) is 29.1 Å². The maximum Gasteiger partial charge on any atom is 0.227 e. The van der Waals surface area contributed by atoms with Gasteiger partial charge in [-0.15, -0.1) is 0 Å². The third kappa shape index (κ3) is 3.67. The lowest BCUT2D eigenvalue weighted by Gasteiger charge is -2.11. The van der Waals surface area contributed by atoms with Crippen LogP contribution in [0, 0.1) is 5.92 Å². The maximum atomic E-state index is 11.7. The lowest BCUT2D eigenvalue weighted by atomic mass is 10.1. The SMILES string of the molecule is CCC[C@@H](C)C(=O)Nc1ccccc1Br. The van der Waals surface area contributed by atoms with Crippen LogP contribution in [0.5, 0.6) is 0 Å². The Morgan fingerprint density at radius 1 is 1.47 bits per heavy atom. The molecule has 0 aromatic heterocycles. The first-order chi connectivity index (χ1) is 7.15. The number of hydrogen-bond donors (Lipinski definition) is 1. The molecule has 15 heavy (non-hydrogen) atoms. The Hall–Kier alpha value is -0.830. The molecule has 0 unspecified atom stereocenters. The van der Waals surface area contributed by atoms with Gasteiger partial charge < -0.3 is 5.32 Å². The molecular formula is C12H16BrNO. The van der Waals surface area contributed by atoms with E-state index < -0.39 is 0 Å². The number of anilines is 1. The van der Waals surface area contributed by atoms with Gasteiger partial charge in [0, 0.05) is 10.4 Å². The Bertz CT molecular complexity index is 338. The summed E-state index contributed by atoms with van der Waals surface area (Å²) >= 11 is 3.40. The van der Waals surface area contributed by atoms with Crippen molar-refractivity contribution in [3.63, 3.8) is 0 Å². The first-order valence-corrected chi connectivity index (χ1v) is 5.99. The summed E-state index contributed by atoms with van der Waals surface area (Å²) in [6.45, 7) is 4.04. The quantitative estimate of drug-likeness (QED) is 0.885. The zero-order valence-corrected chi connectivity index (χ0v) is 10.7. The van der Waals surface area contributed by atoms with E-state index in [2.05, 4.69) is 28.2 Å². The molecule has 1 amide bonds. The second-order valence-corrected chi connectivity index (χ2v) is 4.51. The molecule has 82 valence electrons. The predicted octanol–water partition coefficient (Wildman–Crippen LogP) is 3.82. The van der Waals surface area contributed by atoms with Crippen LogP contribution in [-0.4, -0.2) is 5.91 Å². The molecule has 2 nitrogen and oxygen atoms in total. The van der Waals surface area contributed by atoms with Crippen LogP contribution in [0.1, 0.15) is 26.7 Å². The Labute approximate surface area is 99.2 Å². The smallest absolute Gasteiger partial charge is 0.227 e. The number of nitrogens with one attached hydrogen (secondary N) is 1. The minimum Gasteiger partial charge on any atom is -0.325 e. The largest absolute Gasteiger partial charge is 0.325 e. The molecule has 0 saturated carbocycles. The summed E-state index contributed by atoms with van der Waals surface area (Å²) < 4.78 is 0.919. The molecule has 1 aromatic carbocycles. The van der Waals surface area contributed by atoms with E-state index in [1.54, 1.807) is 0 Å². The van der Waals surface area contributed by atoms with Gasteiger partial charge in [-0.25, -0.2) is 0 Å². The van der Waals surface area contributed by atoms with Crippen LogP contribution in [0.4, 0.5) is 5.69 Å². The molecule has 0 fully saturated rings. The standard InChI is InChI=1S/C12H16BrNO/c1-3-6-9(2)12(15)14-11-8-5-4-7-10(11)13/h4-5,7-9H,3,6H2,1-2H3,(H,14,15)/t9-/m1/s1. The van der Waals surface area contributed by atoms with Crippen molar-refractivity contribution in [3.05, 3.63) is 28.7 Å². The van der Waals surface area contributed by atoms with Crippen LogP contribution in [0.25, 0.3) is 0 Å². The number of hydrogen-bond acceptors (Lipinski definition) is 1. The van der Waals surface area contributed by atoms with Gasteiger partial charge in [-0.2, -0.15) is 0 Å². The molecule has 1 rings (SSSR count). The van der Waals surface area contributed by atoms with E-state index in [0.29, 0.717) is 0 Å². The van der Waals surface area contributed by atoms with Crippen molar-refractivity contribution in [1.82, 2.24) is 0 Å². The minimum atomic E-state index is 0.0714. The summed E-state index contributed by atoms with van der Waals surface area (Å²) in [5.41, 5.74) is 0.838. The summed E-state index contributed by atoms with van der Waals surface area (Å²) in [5.74, 6) is 0.158. The molecule has 0 saturated heterocycles. The summed E-state index contributed by atoms with van der Waals surface area (Å²) in [4.78, 5) is 11.7. The van der Waals surface area contributed by atoms with Crippen LogP contribution in [0.3, 0.4) is 0 Å². The van der Waals surface area contributed by atoms with Gasteiger partial charge in [-0.1, -0.05) is 32.4 Å². The van der Waals surface area contributed by atoms with E-state index >= 15 is 0 Å². The van der Waals surface area contributed by atoms with Crippen molar-refractivity contribution in [1.29, 1.82) is 0 Å². The molecule has 1 aromatic rings. The third-order valence-electron chi connectivity index (χ3n) is 2.30. The van der Waals surface area contributed by atoms with E-state index in [9.17, 15) is 4.79 Å². The monoisotopic (exact) mass is 269 g/mol. The average Bonchev–Trinajstić information content (AvgIpc) is 2.21. The third-order valence-corrected chi connectivity index (χ3v) is 2.99. The molecule has 1 N–H and O–H groups in total. The molecule has 3 heteroatoms. The van der Waals surface area contributed by atoms with Gasteiger partial charge in [0.25, 0.3) is 0 Å². The zero-order valence-electron chi connectivity index (χ0n) is 9.09. The maximum absolute atomic E-state index is 11.7. The Balaban J connectivity index is 2.62. The van der Waals surface area contributed by atoms with Gasteiger partial charge in [-0.05, 0) is 34.5 Å². The summed E-state index contributed by atoms with van der Waals surface area (Å²) in [6.07, 6.45) is 1.96. The number of carbonyl (C=O) groups excluding carboxylic acids is 1. The van der Waals surface area contributed by atoms with E-state index in [-0.39, 0.29) is 11.8 Å². The highest BCUT2D eigenvalue weighted by molar-refractivity contribution is 9.10. The van der Waals surface area contributed by atoms with Crippen LogP contribution in [0.2, 0.25) is 0 Å². The lowest BCUT2D eigenvalue weighted by Crippen LogP contribution is -2.20. The van der Waals surface area contributed by atoms with Crippen molar-refractivity contribution in [3.8, 4) is 0 Å². The predicted molar refractivity (Wildman–Crippen MR) is 66.8 cm³/mol. The zero-order chi connectivity index (χ0) is 11.3. The number of amides is 1. The lowest BCUT2D eigenvalue weighted by molar-refractivity contribution is -0.119. The number of halogens is 1. The van der Waals surface area contributed by atoms with Crippen LogP contribution in [0.15, 0.2) is 28.7 Å². The number of carbonyl (C=O) groups is 1. The van der Waals surface area contributed by atoms with Crippen molar-refractivity contribution in [2.24, 2.45) is 5.92 Å². The Morgan fingerprint density at radius 2 is 2.13 bits per heavy atom. The molecular weight excluding hydrogens is 254 g/mol. The number of para-hydroxylation sites is 1. The van der Waals surface area contributed by atoms with Gasteiger partial charge in [-0.3, -0.25) is 4.79 Å². The van der Waals surface area contributed by atoms with E-state index in [0.717, 1.165) is 23.0 Å². The summed E-state index contributed by atoms with van der Waals surface area (Å²) in [7, 11) is 0. The van der Waals surface area contributed by atoms with Crippen LogP contribution in [-0.2, 0) is 4.79 Å². The summed E-state index contributed by atoms with van der Waals surface area (Å²) in [5, 5.41) is 2.91. The van der Waals surface area contributed by atoms with Gasteiger partial charge >= 0.3 is 0 Å². The fourth-order valence-corrected chi connectivity index (χ4v) is 1.77. The molecule has 0 aliphatic carbocycles.